The molecule has 122 valence electrons. The lowest BCUT2D eigenvalue weighted by Crippen LogP contribution is -2.40. The van der Waals surface area contributed by atoms with Crippen molar-refractivity contribution in [3.05, 3.63) is 29.2 Å². The van der Waals surface area contributed by atoms with Gasteiger partial charge in [-0.05, 0) is 26.3 Å². The molecule has 3 rings (SSSR count). The second-order valence-corrected chi connectivity index (χ2v) is 6.56. The number of likely N-dealkylation sites (tertiary alicyclic amines) is 1. The number of rotatable bonds is 5. The summed E-state index contributed by atoms with van der Waals surface area (Å²) in [5.74, 6) is 1.16. The number of nitrogens with zero attached hydrogens (tertiary/aromatic N) is 4. The second-order valence-electron chi connectivity index (χ2n) is 5.66. The number of amides is 1. The van der Waals surface area contributed by atoms with Gasteiger partial charge in [0, 0.05) is 23.3 Å². The van der Waals surface area contributed by atoms with E-state index in [9.17, 15) is 4.79 Å². The molecule has 0 bridgehead atoms. The SMILES string of the molecule is Cc1cc(Nc2nccs2)nc([C@@H]2CCCCN2CC(N)=O)n1. The lowest BCUT2D eigenvalue weighted by molar-refractivity contribution is -0.120. The number of nitrogens with one attached hydrogen (secondary N) is 1. The molecule has 0 saturated carbocycles. The lowest BCUT2D eigenvalue weighted by atomic mass is 10.0. The van der Waals surface area contributed by atoms with Crippen molar-refractivity contribution < 1.29 is 4.79 Å². The van der Waals surface area contributed by atoms with Gasteiger partial charge in [-0.2, -0.15) is 0 Å². The van der Waals surface area contributed by atoms with Crippen molar-refractivity contribution in [1.29, 1.82) is 0 Å². The molecule has 8 heteroatoms. The van der Waals surface area contributed by atoms with Crippen LogP contribution in [0.1, 0.15) is 36.8 Å². The molecule has 0 aromatic carbocycles. The molecule has 0 unspecified atom stereocenters. The van der Waals surface area contributed by atoms with Crippen LogP contribution in [-0.4, -0.2) is 38.8 Å². The Morgan fingerprint density at radius 1 is 1.48 bits per heavy atom. The lowest BCUT2D eigenvalue weighted by Gasteiger charge is -2.33. The van der Waals surface area contributed by atoms with Crippen LogP contribution >= 0.6 is 11.3 Å². The second kappa shape index (κ2) is 7.01. The van der Waals surface area contributed by atoms with Gasteiger partial charge in [-0.3, -0.25) is 9.69 Å². The Morgan fingerprint density at radius 2 is 2.35 bits per heavy atom. The van der Waals surface area contributed by atoms with E-state index in [1.165, 1.54) is 11.3 Å². The molecule has 1 saturated heterocycles. The molecule has 0 radical (unpaired) electrons. The minimum atomic E-state index is -0.314. The van der Waals surface area contributed by atoms with Gasteiger partial charge >= 0.3 is 0 Å². The van der Waals surface area contributed by atoms with Crippen LogP contribution in [0.5, 0.6) is 0 Å². The quantitative estimate of drug-likeness (QED) is 0.869. The van der Waals surface area contributed by atoms with E-state index in [-0.39, 0.29) is 18.5 Å². The van der Waals surface area contributed by atoms with Gasteiger partial charge in [0.1, 0.15) is 11.6 Å². The first-order chi connectivity index (χ1) is 11.1. The highest BCUT2D eigenvalue weighted by atomic mass is 32.1. The number of piperidine rings is 1. The third kappa shape index (κ3) is 4.02. The van der Waals surface area contributed by atoms with Crippen LogP contribution in [0.2, 0.25) is 0 Å². The predicted molar refractivity (Wildman–Crippen MR) is 89.5 cm³/mol. The number of anilines is 2. The zero-order valence-corrected chi connectivity index (χ0v) is 13.8. The van der Waals surface area contributed by atoms with Gasteiger partial charge in [-0.25, -0.2) is 15.0 Å². The average molecular weight is 332 g/mol. The van der Waals surface area contributed by atoms with Crippen LogP contribution in [0.25, 0.3) is 0 Å². The largest absolute Gasteiger partial charge is 0.369 e. The molecule has 7 nitrogen and oxygen atoms in total. The van der Waals surface area contributed by atoms with E-state index in [1.54, 1.807) is 6.20 Å². The van der Waals surface area contributed by atoms with Gasteiger partial charge in [0.2, 0.25) is 5.91 Å². The normalized spacial score (nSPS) is 18.7. The van der Waals surface area contributed by atoms with Crippen molar-refractivity contribution in [3.63, 3.8) is 0 Å². The molecule has 1 fully saturated rings. The minimum absolute atomic E-state index is 0.0352. The Morgan fingerprint density at radius 3 is 3.09 bits per heavy atom. The molecule has 0 spiro atoms. The topological polar surface area (TPSA) is 97.0 Å². The smallest absolute Gasteiger partial charge is 0.231 e. The number of nitrogens with two attached hydrogens (primary N) is 1. The maximum Gasteiger partial charge on any atom is 0.231 e. The number of primary amides is 1. The standard InChI is InChI=1S/C15H20N6OS/c1-10-8-13(20-15-17-5-7-23-15)19-14(18-10)11-4-2-3-6-21(11)9-12(16)22/h5,7-8,11H,2-4,6,9H2,1H3,(H2,16,22)(H,17,18,19,20)/t11-/m0/s1. The van der Waals surface area contributed by atoms with Crippen LogP contribution < -0.4 is 11.1 Å². The van der Waals surface area contributed by atoms with Gasteiger partial charge in [-0.1, -0.05) is 6.42 Å². The van der Waals surface area contributed by atoms with Crippen molar-refractivity contribution in [3.8, 4) is 0 Å². The molecule has 2 aromatic heterocycles. The van der Waals surface area contributed by atoms with Crippen molar-refractivity contribution in [1.82, 2.24) is 19.9 Å². The van der Waals surface area contributed by atoms with E-state index in [0.717, 1.165) is 48.3 Å². The van der Waals surface area contributed by atoms with E-state index < -0.39 is 0 Å². The van der Waals surface area contributed by atoms with Crippen molar-refractivity contribution in [2.45, 2.75) is 32.2 Å². The molecule has 1 amide bonds. The summed E-state index contributed by atoms with van der Waals surface area (Å²) in [7, 11) is 0. The first-order valence-electron chi connectivity index (χ1n) is 7.66. The van der Waals surface area contributed by atoms with E-state index >= 15 is 0 Å². The molecule has 3 heterocycles. The van der Waals surface area contributed by atoms with Crippen molar-refractivity contribution in [2.24, 2.45) is 5.73 Å². The zero-order chi connectivity index (χ0) is 16.2. The maximum atomic E-state index is 11.3. The van der Waals surface area contributed by atoms with E-state index in [0.29, 0.717) is 0 Å². The summed E-state index contributed by atoms with van der Waals surface area (Å²) < 4.78 is 0. The number of carbonyl (C=O) groups is 1. The first-order valence-corrected chi connectivity index (χ1v) is 8.54. The summed E-state index contributed by atoms with van der Waals surface area (Å²) in [6.45, 7) is 3.04. The highest BCUT2D eigenvalue weighted by Gasteiger charge is 2.27. The molecule has 1 aliphatic rings. The van der Waals surface area contributed by atoms with E-state index in [2.05, 4.69) is 25.2 Å². The van der Waals surface area contributed by atoms with E-state index in [4.69, 9.17) is 5.73 Å². The Hall–Kier alpha value is -2.06. The number of thiazole rings is 1. The Bertz CT molecular complexity index is 675. The summed E-state index contributed by atoms with van der Waals surface area (Å²) in [5.41, 5.74) is 6.26. The third-order valence-electron chi connectivity index (χ3n) is 3.81. The Kier molecular flexibility index (Phi) is 4.82. The average Bonchev–Trinajstić information content (AvgIpc) is 2.99. The van der Waals surface area contributed by atoms with Crippen LogP contribution in [0.3, 0.4) is 0 Å². The number of carbonyl (C=O) groups excluding carboxylic acids is 1. The summed E-state index contributed by atoms with van der Waals surface area (Å²) in [4.78, 5) is 26.8. The van der Waals surface area contributed by atoms with Gasteiger partial charge in [-0.15, -0.1) is 11.3 Å². The maximum absolute atomic E-state index is 11.3. The number of hydrogen-bond donors (Lipinski definition) is 2. The fourth-order valence-corrected chi connectivity index (χ4v) is 3.41. The molecular formula is C15H20N6OS. The zero-order valence-electron chi connectivity index (χ0n) is 13.0. The van der Waals surface area contributed by atoms with Gasteiger partial charge in [0.25, 0.3) is 0 Å². The first kappa shape index (κ1) is 15.8. The van der Waals surface area contributed by atoms with E-state index in [1.807, 2.05) is 18.4 Å². The number of aromatic nitrogens is 3. The summed E-state index contributed by atoms with van der Waals surface area (Å²) in [5, 5.41) is 5.91. The highest BCUT2D eigenvalue weighted by Crippen LogP contribution is 2.29. The molecule has 1 aliphatic heterocycles. The van der Waals surface area contributed by atoms with Crippen LogP contribution in [0, 0.1) is 6.92 Å². The summed E-state index contributed by atoms with van der Waals surface area (Å²) >= 11 is 1.52. The highest BCUT2D eigenvalue weighted by molar-refractivity contribution is 7.13. The molecule has 1 atom stereocenters. The van der Waals surface area contributed by atoms with Crippen LogP contribution in [0.4, 0.5) is 10.9 Å². The molecule has 3 N–H and O–H groups in total. The molecule has 0 aliphatic carbocycles. The predicted octanol–water partition coefficient (Wildman–Crippen LogP) is 2.00. The molecule has 2 aromatic rings. The van der Waals surface area contributed by atoms with Crippen LogP contribution in [0.15, 0.2) is 17.6 Å². The summed E-state index contributed by atoms with van der Waals surface area (Å²) in [6.07, 6.45) is 4.86. The van der Waals surface area contributed by atoms with Crippen molar-refractivity contribution in [2.75, 3.05) is 18.4 Å². The fourth-order valence-electron chi connectivity index (χ4n) is 2.87. The monoisotopic (exact) mass is 332 g/mol. The summed E-state index contributed by atoms with van der Waals surface area (Å²) in [6, 6.07) is 1.93. The Balaban J connectivity index is 1.85. The third-order valence-corrected chi connectivity index (χ3v) is 4.50. The molecular weight excluding hydrogens is 312 g/mol. The molecule has 23 heavy (non-hydrogen) atoms. The van der Waals surface area contributed by atoms with Gasteiger partial charge < -0.3 is 11.1 Å². The van der Waals surface area contributed by atoms with Crippen LogP contribution in [-0.2, 0) is 4.79 Å². The number of hydrogen-bond acceptors (Lipinski definition) is 7. The van der Waals surface area contributed by atoms with Gasteiger partial charge in [0.05, 0.1) is 12.6 Å². The minimum Gasteiger partial charge on any atom is -0.369 e. The van der Waals surface area contributed by atoms with Crippen molar-refractivity contribution >= 4 is 28.2 Å². The Labute approximate surface area is 139 Å². The van der Waals surface area contributed by atoms with Gasteiger partial charge in [0.15, 0.2) is 5.13 Å². The number of aryl methyl sites for hydroxylation is 1. The fraction of sp³-hybridized carbons (Fsp3) is 0.467.